The van der Waals surface area contributed by atoms with Gasteiger partial charge in [-0.05, 0) is 67.4 Å². The number of ketones is 1. The van der Waals surface area contributed by atoms with Crippen molar-refractivity contribution < 1.29 is 23.5 Å². The molecule has 4 aromatic rings. The number of aliphatic hydroxyl groups is 1. The van der Waals surface area contributed by atoms with Crippen LogP contribution in [0.5, 0.6) is 0 Å². The molecule has 0 fully saturated rings. The van der Waals surface area contributed by atoms with Crippen LogP contribution in [0.3, 0.4) is 0 Å². The Labute approximate surface area is 188 Å². The Morgan fingerprint density at radius 1 is 1.09 bits per heavy atom. The normalized spacial score (nSPS) is 16.4. The summed E-state index contributed by atoms with van der Waals surface area (Å²) in [6, 6.07) is 14.6. The Kier molecular flexibility index (Phi) is 4.68. The number of carbonyl (C=O) groups is 2. The number of hydrogen-bond acceptors (Lipinski definition) is 5. The Morgan fingerprint density at radius 2 is 1.91 bits per heavy atom. The zero-order valence-electron chi connectivity index (χ0n) is 17.3. The van der Waals surface area contributed by atoms with Crippen LogP contribution in [0.1, 0.15) is 33.5 Å². The van der Waals surface area contributed by atoms with Gasteiger partial charge < -0.3 is 13.9 Å². The first-order valence-electron chi connectivity index (χ1n) is 9.96. The minimum absolute atomic E-state index is 0.00372. The van der Waals surface area contributed by atoms with E-state index < -0.39 is 23.5 Å². The van der Waals surface area contributed by atoms with Crippen molar-refractivity contribution in [2.45, 2.75) is 19.9 Å². The second-order valence-corrected chi connectivity index (χ2v) is 8.20. The zero-order chi connectivity index (χ0) is 22.6. The number of halogens is 1. The number of nitrogens with zero attached hydrogens (tertiary/aromatic N) is 1. The van der Waals surface area contributed by atoms with Crippen LogP contribution in [-0.4, -0.2) is 16.8 Å². The van der Waals surface area contributed by atoms with Gasteiger partial charge in [0.2, 0.25) is 5.78 Å². The van der Waals surface area contributed by atoms with Gasteiger partial charge in [-0.15, -0.1) is 0 Å². The number of aliphatic hydroxyl groups excluding tert-OH is 1. The summed E-state index contributed by atoms with van der Waals surface area (Å²) in [5.41, 5.74) is 2.71. The molecule has 0 saturated heterocycles. The van der Waals surface area contributed by atoms with E-state index in [2.05, 4.69) is 0 Å². The van der Waals surface area contributed by atoms with Crippen LogP contribution in [0.2, 0.25) is 5.02 Å². The molecule has 1 aliphatic heterocycles. The van der Waals surface area contributed by atoms with Gasteiger partial charge >= 0.3 is 0 Å². The van der Waals surface area contributed by atoms with Crippen molar-refractivity contribution >= 4 is 39.9 Å². The summed E-state index contributed by atoms with van der Waals surface area (Å²) in [6.45, 7) is 3.77. The van der Waals surface area contributed by atoms with Crippen molar-refractivity contribution in [3.8, 4) is 0 Å². The molecule has 0 saturated carbocycles. The molecule has 1 atom stereocenters. The molecule has 160 valence electrons. The average Bonchev–Trinajstić information content (AvgIpc) is 3.48. The third kappa shape index (κ3) is 3.11. The number of rotatable bonds is 4. The van der Waals surface area contributed by atoms with Gasteiger partial charge in [0.1, 0.15) is 17.4 Å². The molecule has 2 aromatic carbocycles. The summed E-state index contributed by atoms with van der Waals surface area (Å²) in [5, 5.41) is 12.0. The van der Waals surface area contributed by atoms with E-state index in [9.17, 15) is 14.7 Å². The van der Waals surface area contributed by atoms with Crippen LogP contribution >= 0.6 is 11.6 Å². The highest BCUT2D eigenvalue weighted by Crippen LogP contribution is 2.43. The lowest BCUT2D eigenvalue weighted by atomic mass is 9.98. The predicted molar refractivity (Wildman–Crippen MR) is 120 cm³/mol. The molecule has 7 heteroatoms. The fourth-order valence-corrected chi connectivity index (χ4v) is 4.22. The number of hydrogen-bond donors (Lipinski definition) is 1. The maximum absolute atomic E-state index is 13.5. The summed E-state index contributed by atoms with van der Waals surface area (Å²) >= 11 is 6.04. The first kappa shape index (κ1) is 20.2. The third-order valence-electron chi connectivity index (χ3n) is 5.59. The molecule has 0 bridgehead atoms. The molecule has 32 heavy (non-hydrogen) atoms. The van der Waals surface area contributed by atoms with E-state index in [1.165, 1.54) is 11.2 Å². The molecule has 6 nitrogen and oxygen atoms in total. The number of furan rings is 2. The van der Waals surface area contributed by atoms with E-state index in [0.29, 0.717) is 27.4 Å². The molecule has 2 aromatic heterocycles. The topological polar surface area (TPSA) is 83.9 Å². The smallest absolute Gasteiger partial charge is 0.294 e. The van der Waals surface area contributed by atoms with Crippen LogP contribution in [0, 0.1) is 13.8 Å². The lowest BCUT2D eigenvalue weighted by Crippen LogP contribution is -2.31. The van der Waals surface area contributed by atoms with E-state index in [1.807, 2.05) is 32.0 Å². The SMILES string of the molecule is Cc1ccc(C)c(N2C(=O)C(O)=C(C(=O)c3cc4cc(Cl)ccc4o3)C2c2ccco2)c1. The van der Waals surface area contributed by atoms with Crippen LogP contribution in [0.25, 0.3) is 11.0 Å². The van der Waals surface area contributed by atoms with Gasteiger partial charge in [0.25, 0.3) is 5.91 Å². The third-order valence-corrected chi connectivity index (χ3v) is 5.83. The van der Waals surface area contributed by atoms with Crippen LogP contribution in [0.4, 0.5) is 5.69 Å². The maximum atomic E-state index is 13.5. The van der Waals surface area contributed by atoms with Crippen molar-refractivity contribution in [2.75, 3.05) is 4.90 Å². The average molecular weight is 448 g/mol. The van der Waals surface area contributed by atoms with E-state index in [4.69, 9.17) is 20.4 Å². The number of benzene rings is 2. The fourth-order valence-electron chi connectivity index (χ4n) is 4.04. The number of carbonyl (C=O) groups excluding carboxylic acids is 2. The maximum Gasteiger partial charge on any atom is 0.294 e. The largest absolute Gasteiger partial charge is 0.503 e. The van der Waals surface area contributed by atoms with Gasteiger partial charge in [0, 0.05) is 16.1 Å². The summed E-state index contributed by atoms with van der Waals surface area (Å²) in [6.07, 6.45) is 1.46. The highest BCUT2D eigenvalue weighted by molar-refractivity contribution is 6.31. The van der Waals surface area contributed by atoms with Gasteiger partial charge in [-0.2, -0.15) is 0 Å². The van der Waals surface area contributed by atoms with Gasteiger partial charge in [0.05, 0.1) is 11.8 Å². The van der Waals surface area contributed by atoms with Crippen molar-refractivity contribution in [1.82, 2.24) is 0 Å². The van der Waals surface area contributed by atoms with Gasteiger partial charge in [-0.1, -0.05) is 23.7 Å². The fraction of sp³-hybridized carbons (Fsp3) is 0.120. The minimum atomic E-state index is -0.942. The van der Waals surface area contributed by atoms with Crippen molar-refractivity contribution in [1.29, 1.82) is 0 Å². The molecule has 1 aliphatic rings. The molecule has 5 rings (SSSR count). The first-order valence-corrected chi connectivity index (χ1v) is 10.3. The Hall–Kier alpha value is -3.77. The monoisotopic (exact) mass is 447 g/mol. The number of amides is 1. The summed E-state index contributed by atoms with van der Waals surface area (Å²) < 4.78 is 11.3. The van der Waals surface area contributed by atoms with Gasteiger partial charge in [-0.3, -0.25) is 14.5 Å². The summed E-state index contributed by atoms with van der Waals surface area (Å²) in [7, 11) is 0. The van der Waals surface area contributed by atoms with Gasteiger partial charge in [0.15, 0.2) is 11.5 Å². The lowest BCUT2D eigenvalue weighted by molar-refractivity contribution is -0.117. The Morgan fingerprint density at radius 3 is 2.66 bits per heavy atom. The van der Waals surface area contributed by atoms with Crippen molar-refractivity contribution in [3.63, 3.8) is 0 Å². The van der Waals surface area contributed by atoms with E-state index in [1.54, 1.807) is 36.4 Å². The quantitative estimate of drug-likeness (QED) is 0.383. The molecule has 1 unspecified atom stereocenters. The lowest BCUT2D eigenvalue weighted by Gasteiger charge is -2.26. The number of fused-ring (bicyclic) bond motifs is 1. The summed E-state index contributed by atoms with van der Waals surface area (Å²) in [4.78, 5) is 28.1. The Balaban J connectivity index is 1.66. The molecule has 0 radical (unpaired) electrons. The van der Waals surface area contributed by atoms with Crippen LogP contribution in [-0.2, 0) is 4.79 Å². The van der Waals surface area contributed by atoms with Gasteiger partial charge in [-0.25, -0.2) is 0 Å². The van der Waals surface area contributed by atoms with Crippen LogP contribution in [0.15, 0.2) is 81.0 Å². The number of Topliss-reactive ketones (excluding diaryl/α,β-unsaturated/α-hetero) is 1. The van der Waals surface area contributed by atoms with Crippen molar-refractivity contribution in [3.05, 3.63) is 99.9 Å². The molecule has 0 aliphatic carbocycles. The first-order chi connectivity index (χ1) is 15.3. The van der Waals surface area contributed by atoms with Crippen LogP contribution < -0.4 is 4.90 Å². The molecular formula is C25H18ClNO5. The van der Waals surface area contributed by atoms with Crippen molar-refractivity contribution in [2.24, 2.45) is 0 Å². The highest BCUT2D eigenvalue weighted by atomic mass is 35.5. The minimum Gasteiger partial charge on any atom is -0.503 e. The number of anilines is 1. The molecule has 0 spiro atoms. The van der Waals surface area contributed by atoms with E-state index in [-0.39, 0.29) is 11.3 Å². The second-order valence-electron chi connectivity index (χ2n) is 7.77. The van der Waals surface area contributed by atoms with E-state index >= 15 is 0 Å². The second kappa shape index (κ2) is 7.43. The zero-order valence-corrected chi connectivity index (χ0v) is 18.0. The molecule has 3 heterocycles. The standard InChI is InChI=1S/C25H18ClNO5/c1-13-5-6-14(2)17(10-13)27-22(19-4-3-9-31-19)21(24(29)25(27)30)23(28)20-12-15-11-16(26)7-8-18(15)32-20/h3-12,22,29H,1-2H3. The predicted octanol–water partition coefficient (Wildman–Crippen LogP) is 6.08. The Bertz CT molecular complexity index is 1410. The molecule has 1 N–H and O–H groups in total. The highest BCUT2D eigenvalue weighted by Gasteiger charge is 2.47. The summed E-state index contributed by atoms with van der Waals surface area (Å²) in [5.74, 6) is -1.56. The van der Waals surface area contributed by atoms with E-state index in [0.717, 1.165) is 11.1 Å². The molecular weight excluding hydrogens is 430 g/mol. The number of aryl methyl sites for hydroxylation is 2. The molecule has 1 amide bonds.